The van der Waals surface area contributed by atoms with Gasteiger partial charge in [0, 0.05) is 13.2 Å². The Balaban J connectivity index is 0.000000980. The zero-order valence-corrected chi connectivity index (χ0v) is 11.3. The molecule has 0 saturated carbocycles. The molecule has 1 aromatic rings. The van der Waals surface area contributed by atoms with Crippen LogP contribution in [0, 0.1) is 5.92 Å². The Morgan fingerprint density at radius 2 is 2.20 bits per heavy atom. The molecule has 15 heavy (non-hydrogen) atoms. The number of aromatic nitrogens is 2. The summed E-state index contributed by atoms with van der Waals surface area (Å²) in [7, 11) is 1.97. The number of nitrogens with zero attached hydrogens (tertiary/aromatic N) is 2. The van der Waals surface area contributed by atoms with Crippen LogP contribution >= 0.6 is 0 Å². The van der Waals surface area contributed by atoms with Gasteiger partial charge in [-0.1, -0.05) is 15.3 Å². The van der Waals surface area contributed by atoms with Gasteiger partial charge in [-0.2, -0.15) is 5.10 Å². The molecule has 1 aromatic heterocycles. The largest absolute Gasteiger partial charge is 1.00 e. The number of hydrogen-bond acceptors (Lipinski definition) is 2. The minimum atomic E-state index is 0. The van der Waals surface area contributed by atoms with Gasteiger partial charge in [-0.3, -0.25) is 4.68 Å². The van der Waals surface area contributed by atoms with Gasteiger partial charge >= 0.3 is 29.6 Å². The first-order valence-corrected chi connectivity index (χ1v) is 4.98. The Hall–Kier alpha value is 0.235. The van der Waals surface area contributed by atoms with Crippen LogP contribution in [0.2, 0.25) is 0 Å². The predicted octanol–water partition coefficient (Wildman–Crippen LogP) is -2.97. The molecule has 0 aliphatic carbocycles. The van der Waals surface area contributed by atoms with E-state index >= 15 is 0 Å². The van der Waals surface area contributed by atoms with Gasteiger partial charge in [0.05, 0.1) is 11.7 Å². The molecular weight excluding hydrogens is 196 g/mol. The SMILES string of the molecule is CC1CCC(c2ccn(C)n2)NC1.[BH4-].[Na+]. The number of nitrogens with one attached hydrogen (secondary N) is 1. The van der Waals surface area contributed by atoms with Crippen molar-refractivity contribution in [1.82, 2.24) is 15.1 Å². The summed E-state index contributed by atoms with van der Waals surface area (Å²) in [5, 5.41) is 7.94. The van der Waals surface area contributed by atoms with Crippen molar-refractivity contribution in [3.8, 4) is 0 Å². The van der Waals surface area contributed by atoms with E-state index in [1.165, 1.54) is 18.5 Å². The van der Waals surface area contributed by atoms with Crippen LogP contribution < -0.4 is 34.9 Å². The van der Waals surface area contributed by atoms with Crippen LogP contribution in [0.1, 0.15) is 31.5 Å². The van der Waals surface area contributed by atoms with Crippen molar-refractivity contribution >= 4 is 8.41 Å². The molecule has 2 atom stereocenters. The fourth-order valence-corrected chi connectivity index (χ4v) is 1.87. The zero-order valence-electron chi connectivity index (χ0n) is 9.33. The van der Waals surface area contributed by atoms with Crippen LogP contribution in [-0.2, 0) is 7.05 Å². The summed E-state index contributed by atoms with van der Waals surface area (Å²) in [5.41, 5.74) is 1.19. The second kappa shape index (κ2) is 6.74. The normalized spacial score (nSPS) is 25.2. The summed E-state index contributed by atoms with van der Waals surface area (Å²) in [6.45, 7) is 3.42. The summed E-state index contributed by atoms with van der Waals surface area (Å²) in [4.78, 5) is 0. The molecule has 0 bridgehead atoms. The minimum Gasteiger partial charge on any atom is -0.308 e. The molecule has 1 saturated heterocycles. The fraction of sp³-hybridized carbons (Fsp3) is 0.700. The van der Waals surface area contributed by atoms with Crippen LogP contribution in [0.25, 0.3) is 0 Å². The van der Waals surface area contributed by atoms with Crippen LogP contribution in [0.4, 0.5) is 0 Å². The van der Waals surface area contributed by atoms with E-state index in [0.29, 0.717) is 6.04 Å². The van der Waals surface area contributed by atoms with Crippen molar-refractivity contribution in [1.29, 1.82) is 0 Å². The summed E-state index contributed by atoms with van der Waals surface area (Å²) in [6.07, 6.45) is 4.54. The first-order chi connectivity index (χ1) is 6.25. The van der Waals surface area contributed by atoms with Crippen LogP contribution in [0.15, 0.2) is 12.3 Å². The van der Waals surface area contributed by atoms with Crippen molar-refractivity contribution in [3.63, 3.8) is 0 Å². The standard InChI is InChI=1S/C10H17N3.BH4.Na/c1-8-3-4-9(11-7-8)10-5-6-13(2)12-10;;/h5-6,8-9,11H,3-4,7H2,1-2H3;1H4;/q;-1;+1. The molecule has 0 radical (unpaired) electrons. The average Bonchev–Trinajstić information content (AvgIpc) is 2.53. The van der Waals surface area contributed by atoms with Gasteiger partial charge < -0.3 is 5.32 Å². The summed E-state index contributed by atoms with van der Waals surface area (Å²) in [6, 6.07) is 2.59. The van der Waals surface area contributed by atoms with E-state index in [-0.39, 0.29) is 38.0 Å². The molecule has 5 heteroatoms. The third-order valence-corrected chi connectivity index (χ3v) is 2.75. The Morgan fingerprint density at radius 1 is 1.47 bits per heavy atom. The number of aryl methyl sites for hydroxylation is 1. The van der Waals surface area contributed by atoms with Crippen LogP contribution in [-0.4, -0.2) is 24.7 Å². The average molecular weight is 217 g/mol. The topological polar surface area (TPSA) is 29.9 Å². The van der Waals surface area contributed by atoms with Crippen molar-refractivity contribution in [3.05, 3.63) is 18.0 Å². The van der Waals surface area contributed by atoms with E-state index < -0.39 is 0 Å². The minimum absolute atomic E-state index is 0. The van der Waals surface area contributed by atoms with Gasteiger partial charge in [-0.15, -0.1) is 0 Å². The molecule has 2 unspecified atom stereocenters. The smallest absolute Gasteiger partial charge is 0.308 e. The summed E-state index contributed by atoms with van der Waals surface area (Å²) >= 11 is 0. The second-order valence-corrected chi connectivity index (χ2v) is 4.06. The first-order valence-electron chi connectivity index (χ1n) is 4.98. The van der Waals surface area contributed by atoms with E-state index in [1.54, 1.807) is 0 Å². The van der Waals surface area contributed by atoms with Crippen molar-refractivity contribution in [2.24, 2.45) is 13.0 Å². The Bertz CT molecular complexity index is 282. The third-order valence-electron chi connectivity index (χ3n) is 2.75. The molecule has 1 aliphatic rings. The van der Waals surface area contributed by atoms with Crippen molar-refractivity contribution in [2.75, 3.05) is 6.54 Å². The van der Waals surface area contributed by atoms with Gasteiger partial charge in [0.2, 0.25) is 0 Å². The molecule has 0 spiro atoms. The monoisotopic (exact) mass is 217 g/mol. The third kappa shape index (κ3) is 3.95. The van der Waals surface area contributed by atoms with Gasteiger partial charge in [0.15, 0.2) is 0 Å². The molecule has 0 amide bonds. The molecule has 2 rings (SSSR count). The van der Waals surface area contributed by atoms with Crippen LogP contribution in [0.3, 0.4) is 0 Å². The maximum Gasteiger partial charge on any atom is 1.00 e. The maximum absolute atomic E-state index is 4.41. The summed E-state index contributed by atoms with van der Waals surface area (Å²) in [5.74, 6) is 0.819. The molecule has 80 valence electrons. The quantitative estimate of drug-likeness (QED) is 0.509. The van der Waals surface area contributed by atoms with E-state index in [4.69, 9.17) is 0 Å². The van der Waals surface area contributed by atoms with Gasteiger partial charge in [-0.05, 0) is 31.4 Å². The maximum atomic E-state index is 4.41. The van der Waals surface area contributed by atoms with Crippen molar-refractivity contribution in [2.45, 2.75) is 25.8 Å². The Kier molecular flexibility index (Phi) is 6.84. The van der Waals surface area contributed by atoms with Gasteiger partial charge in [0.1, 0.15) is 0 Å². The second-order valence-electron chi connectivity index (χ2n) is 4.06. The Morgan fingerprint density at radius 3 is 2.67 bits per heavy atom. The molecule has 1 N–H and O–H groups in total. The van der Waals surface area contributed by atoms with Crippen molar-refractivity contribution < 1.29 is 29.6 Å². The van der Waals surface area contributed by atoms with E-state index in [9.17, 15) is 0 Å². The molecule has 0 aromatic carbocycles. The first kappa shape index (κ1) is 15.2. The predicted molar refractivity (Wildman–Crippen MR) is 63.7 cm³/mol. The molecule has 1 aliphatic heterocycles. The molecule has 2 heterocycles. The zero-order chi connectivity index (χ0) is 9.26. The van der Waals surface area contributed by atoms with Gasteiger partial charge in [-0.25, -0.2) is 0 Å². The fourth-order valence-electron chi connectivity index (χ4n) is 1.87. The number of rotatable bonds is 1. The molecular formula is C10H21BN3Na. The van der Waals surface area contributed by atoms with E-state index in [2.05, 4.69) is 23.4 Å². The molecule has 1 fully saturated rings. The van der Waals surface area contributed by atoms with Crippen LogP contribution in [0.5, 0.6) is 0 Å². The number of hydrogen-bond donors (Lipinski definition) is 1. The molecule has 3 nitrogen and oxygen atoms in total. The van der Waals surface area contributed by atoms with Gasteiger partial charge in [0.25, 0.3) is 0 Å². The van der Waals surface area contributed by atoms with E-state index in [0.717, 1.165) is 12.5 Å². The summed E-state index contributed by atoms with van der Waals surface area (Å²) < 4.78 is 1.87. The number of piperidine rings is 1. The van der Waals surface area contributed by atoms with E-state index in [1.807, 2.05) is 17.9 Å². The Labute approximate surface area is 116 Å².